The number of rotatable bonds is 4. The fraction of sp³-hybridized carbons (Fsp3) is 0.333. The summed E-state index contributed by atoms with van der Waals surface area (Å²) >= 11 is 0. The Morgan fingerprint density at radius 1 is 1.15 bits per heavy atom. The lowest BCUT2D eigenvalue weighted by Gasteiger charge is -2.43. The monoisotopic (exact) mass is 360 g/mol. The Kier molecular flexibility index (Phi) is 5.05. The van der Waals surface area contributed by atoms with Gasteiger partial charge < -0.3 is 4.90 Å². The second-order valence-electron chi connectivity index (χ2n) is 7.81. The average Bonchev–Trinajstić information content (AvgIpc) is 2.60. The van der Waals surface area contributed by atoms with Crippen LogP contribution in [0.5, 0.6) is 0 Å². The minimum atomic E-state index is 0.0202. The molecule has 0 fully saturated rings. The summed E-state index contributed by atoms with van der Waals surface area (Å²) in [5.41, 5.74) is 7.78. The van der Waals surface area contributed by atoms with Crippen molar-refractivity contribution < 1.29 is 4.79 Å². The van der Waals surface area contributed by atoms with Gasteiger partial charge in [0, 0.05) is 29.6 Å². The number of hydrogen-bond acceptors (Lipinski definition) is 3. The van der Waals surface area contributed by atoms with E-state index in [0.29, 0.717) is 5.56 Å². The molecule has 27 heavy (non-hydrogen) atoms. The number of benzene rings is 2. The maximum absolute atomic E-state index is 11.4. The largest absolute Gasteiger partial charge is 0.363 e. The lowest BCUT2D eigenvalue weighted by atomic mass is 9.87. The highest BCUT2D eigenvalue weighted by Gasteiger charge is 2.30. The summed E-state index contributed by atoms with van der Waals surface area (Å²) in [7, 11) is 0. The standard InChI is InChI=1S/C24H28N2O/c1-7-26-23-12-16(2)20(13-22(23)17(3)14-24(26,5)6)15-25-21-10-8-19(9-11-21)18(4)27/h8-15H,7H2,1-6H3. The molecule has 2 aromatic rings. The summed E-state index contributed by atoms with van der Waals surface area (Å²) in [6, 6.07) is 11.9. The second kappa shape index (κ2) is 7.15. The number of hydrogen-bond donors (Lipinski definition) is 0. The third-order valence-corrected chi connectivity index (χ3v) is 5.31. The van der Waals surface area contributed by atoms with Gasteiger partial charge in [-0.2, -0.15) is 0 Å². The number of anilines is 1. The molecule has 3 rings (SSSR count). The van der Waals surface area contributed by atoms with Crippen LogP contribution in [0.2, 0.25) is 0 Å². The number of aliphatic imine (C=N–C) groups is 1. The van der Waals surface area contributed by atoms with E-state index in [1.807, 2.05) is 30.5 Å². The molecule has 0 radical (unpaired) electrons. The van der Waals surface area contributed by atoms with Crippen molar-refractivity contribution >= 4 is 28.9 Å². The average molecular weight is 361 g/mol. The Labute approximate surface area is 162 Å². The van der Waals surface area contributed by atoms with Crippen LogP contribution in [-0.4, -0.2) is 24.1 Å². The predicted octanol–water partition coefficient (Wildman–Crippen LogP) is 5.97. The molecule has 0 saturated heterocycles. The number of carbonyl (C=O) groups excluding carboxylic acids is 1. The van der Waals surface area contributed by atoms with Gasteiger partial charge in [0.05, 0.1) is 11.2 Å². The lowest BCUT2D eigenvalue weighted by Crippen LogP contribution is -2.45. The smallest absolute Gasteiger partial charge is 0.159 e. The molecule has 0 bridgehead atoms. The van der Waals surface area contributed by atoms with Crippen LogP contribution in [0.25, 0.3) is 5.57 Å². The summed E-state index contributed by atoms with van der Waals surface area (Å²) in [6.45, 7) is 13.6. The third kappa shape index (κ3) is 3.73. The first-order valence-electron chi connectivity index (χ1n) is 9.50. The van der Waals surface area contributed by atoms with Gasteiger partial charge >= 0.3 is 0 Å². The number of carbonyl (C=O) groups is 1. The van der Waals surface area contributed by atoms with Crippen molar-refractivity contribution in [3.63, 3.8) is 0 Å². The van der Waals surface area contributed by atoms with Crippen molar-refractivity contribution in [2.45, 2.75) is 47.1 Å². The zero-order valence-electron chi connectivity index (χ0n) is 17.1. The predicted molar refractivity (Wildman–Crippen MR) is 116 cm³/mol. The quantitative estimate of drug-likeness (QED) is 0.497. The molecule has 0 spiro atoms. The highest BCUT2D eigenvalue weighted by molar-refractivity contribution is 5.94. The van der Waals surface area contributed by atoms with Crippen LogP contribution in [0.1, 0.15) is 61.7 Å². The van der Waals surface area contributed by atoms with Crippen LogP contribution in [-0.2, 0) is 0 Å². The Morgan fingerprint density at radius 3 is 2.41 bits per heavy atom. The van der Waals surface area contributed by atoms with Crippen LogP contribution in [0, 0.1) is 6.92 Å². The van der Waals surface area contributed by atoms with Crippen LogP contribution in [0.4, 0.5) is 11.4 Å². The van der Waals surface area contributed by atoms with Crippen molar-refractivity contribution in [2.75, 3.05) is 11.4 Å². The van der Waals surface area contributed by atoms with Crippen LogP contribution in [0.3, 0.4) is 0 Å². The van der Waals surface area contributed by atoms with Gasteiger partial charge in [-0.1, -0.05) is 6.08 Å². The minimum absolute atomic E-state index is 0.0202. The topological polar surface area (TPSA) is 32.7 Å². The zero-order chi connectivity index (χ0) is 19.8. The second-order valence-corrected chi connectivity index (χ2v) is 7.81. The Hall–Kier alpha value is -2.68. The number of fused-ring (bicyclic) bond motifs is 1. The summed E-state index contributed by atoms with van der Waals surface area (Å²) in [4.78, 5) is 18.5. The number of aryl methyl sites for hydroxylation is 1. The van der Waals surface area contributed by atoms with Crippen molar-refractivity contribution in [3.8, 4) is 0 Å². The molecular formula is C24H28N2O. The maximum atomic E-state index is 11.4. The first-order valence-corrected chi connectivity index (χ1v) is 9.50. The van der Waals surface area contributed by atoms with Gasteiger partial charge in [-0.3, -0.25) is 9.79 Å². The van der Waals surface area contributed by atoms with Crippen molar-refractivity contribution in [3.05, 3.63) is 64.7 Å². The lowest BCUT2D eigenvalue weighted by molar-refractivity contribution is 0.101. The Balaban J connectivity index is 1.97. The fourth-order valence-corrected chi connectivity index (χ4v) is 3.89. The molecule has 1 aliphatic heterocycles. The van der Waals surface area contributed by atoms with Crippen LogP contribution >= 0.6 is 0 Å². The summed E-state index contributed by atoms with van der Waals surface area (Å²) < 4.78 is 0. The van der Waals surface area contributed by atoms with E-state index in [9.17, 15) is 4.79 Å². The van der Waals surface area contributed by atoms with Gasteiger partial charge in [-0.05, 0) is 94.6 Å². The molecule has 3 heteroatoms. The van der Waals surface area contributed by atoms with Gasteiger partial charge in [0.2, 0.25) is 0 Å². The van der Waals surface area contributed by atoms with E-state index in [0.717, 1.165) is 17.8 Å². The summed E-state index contributed by atoms with van der Waals surface area (Å²) in [5, 5.41) is 0. The molecule has 140 valence electrons. The number of likely N-dealkylation sites (N-methyl/N-ethyl adjacent to an activating group) is 1. The molecule has 1 aliphatic rings. The van der Waals surface area contributed by atoms with E-state index in [-0.39, 0.29) is 11.3 Å². The first kappa shape index (κ1) is 19.1. The number of ketones is 1. The van der Waals surface area contributed by atoms with Gasteiger partial charge in [-0.25, -0.2) is 0 Å². The van der Waals surface area contributed by atoms with E-state index >= 15 is 0 Å². The van der Waals surface area contributed by atoms with E-state index in [1.54, 1.807) is 6.92 Å². The third-order valence-electron chi connectivity index (χ3n) is 5.31. The zero-order valence-corrected chi connectivity index (χ0v) is 17.1. The highest BCUT2D eigenvalue weighted by Crippen LogP contribution is 2.39. The SMILES string of the molecule is CCN1c2cc(C)c(C=Nc3ccc(C(C)=O)cc3)cc2C(C)=CC1(C)C. The van der Waals surface area contributed by atoms with Gasteiger partial charge in [-0.15, -0.1) is 0 Å². The molecule has 0 amide bonds. The molecule has 0 atom stereocenters. The summed E-state index contributed by atoms with van der Waals surface area (Å²) in [6.07, 6.45) is 4.26. The van der Waals surface area contributed by atoms with E-state index in [1.165, 1.54) is 22.4 Å². The first-order chi connectivity index (χ1) is 12.7. The van der Waals surface area contributed by atoms with Gasteiger partial charge in [0.25, 0.3) is 0 Å². The number of nitrogens with zero attached hydrogens (tertiary/aromatic N) is 2. The summed E-state index contributed by atoms with van der Waals surface area (Å²) in [5.74, 6) is 0.0710. The molecule has 0 aliphatic carbocycles. The normalized spacial score (nSPS) is 15.6. The molecule has 0 N–H and O–H groups in total. The molecular weight excluding hydrogens is 332 g/mol. The van der Waals surface area contributed by atoms with Crippen LogP contribution < -0.4 is 4.90 Å². The molecule has 0 unspecified atom stereocenters. The van der Waals surface area contributed by atoms with Gasteiger partial charge in [0.1, 0.15) is 0 Å². The highest BCUT2D eigenvalue weighted by atomic mass is 16.1. The molecule has 0 aromatic heterocycles. The molecule has 0 saturated carbocycles. The fourth-order valence-electron chi connectivity index (χ4n) is 3.89. The van der Waals surface area contributed by atoms with Gasteiger partial charge in [0.15, 0.2) is 5.78 Å². The van der Waals surface area contributed by atoms with Crippen LogP contribution in [0.15, 0.2) is 47.5 Å². The number of allylic oxidation sites excluding steroid dienone is 1. The van der Waals surface area contributed by atoms with Crippen molar-refractivity contribution in [2.24, 2.45) is 4.99 Å². The van der Waals surface area contributed by atoms with E-state index < -0.39 is 0 Å². The molecule has 1 heterocycles. The maximum Gasteiger partial charge on any atom is 0.159 e. The van der Waals surface area contributed by atoms with E-state index in [4.69, 9.17) is 0 Å². The number of Topliss-reactive ketones (excluding diaryl/α,β-unsaturated/α-hetero) is 1. The van der Waals surface area contributed by atoms with E-state index in [2.05, 4.69) is 62.7 Å². The van der Waals surface area contributed by atoms with Crippen molar-refractivity contribution in [1.29, 1.82) is 0 Å². The molecule has 3 nitrogen and oxygen atoms in total. The Morgan fingerprint density at radius 2 is 1.81 bits per heavy atom. The Bertz CT molecular complexity index is 934. The molecule has 2 aromatic carbocycles. The minimum Gasteiger partial charge on any atom is -0.363 e. The van der Waals surface area contributed by atoms with Crippen molar-refractivity contribution in [1.82, 2.24) is 0 Å².